The Hall–Kier alpha value is -1.00. The van der Waals surface area contributed by atoms with E-state index in [-0.39, 0.29) is 43.0 Å². The number of ether oxygens (including phenoxy) is 1. The van der Waals surface area contributed by atoms with Crippen LogP contribution in [0.1, 0.15) is 71.6 Å². The number of likely N-dealkylation sites (N-methyl/N-ethyl adjacent to an activating group) is 1. The summed E-state index contributed by atoms with van der Waals surface area (Å²) in [5, 5.41) is 18.7. The second kappa shape index (κ2) is 9.93. The standard InChI is InChI=1S/C23H38ClFN4O4/c1-3-29-18(10-14(2)28-29)21(32)27-22-6-8-23(9-7-22,19(30)12-22)26-20(31)13-33-15-4-5-16(24)17(25)11-15/h14-19,28,30H,3-13H2,1-2H3,(H,26,31)(H,27,32). The third-order valence-corrected chi connectivity index (χ3v) is 8.67. The van der Waals surface area contributed by atoms with E-state index in [1.165, 1.54) is 0 Å². The normalized spacial score (nSPS) is 43.4. The summed E-state index contributed by atoms with van der Waals surface area (Å²) >= 11 is 5.91. The minimum atomic E-state index is -1.11. The molecule has 0 spiro atoms. The summed E-state index contributed by atoms with van der Waals surface area (Å²) in [6.45, 7) is 4.68. The maximum atomic E-state index is 13.8. The van der Waals surface area contributed by atoms with E-state index in [1.807, 2.05) is 11.9 Å². The van der Waals surface area contributed by atoms with Crippen molar-refractivity contribution < 1.29 is 23.8 Å². The Bertz CT molecular complexity index is 735. The van der Waals surface area contributed by atoms with Crippen molar-refractivity contribution in [3.63, 3.8) is 0 Å². The summed E-state index contributed by atoms with van der Waals surface area (Å²) in [6, 6.07) is 0.0483. The predicted octanol–water partition coefficient (Wildman–Crippen LogP) is 1.54. The van der Waals surface area contributed by atoms with E-state index in [4.69, 9.17) is 16.3 Å². The van der Waals surface area contributed by atoms with Gasteiger partial charge in [0.05, 0.1) is 23.1 Å². The molecule has 6 unspecified atom stereocenters. The molecule has 4 aliphatic carbocycles. The van der Waals surface area contributed by atoms with E-state index in [9.17, 15) is 19.1 Å². The third kappa shape index (κ3) is 5.32. The second-order valence-electron chi connectivity index (χ2n) is 10.5. The van der Waals surface area contributed by atoms with Gasteiger partial charge in [0.2, 0.25) is 11.8 Å². The zero-order chi connectivity index (χ0) is 23.8. The van der Waals surface area contributed by atoms with Crippen molar-refractivity contribution in [1.82, 2.24) is 21.1 Å². The maximum Gasteiger partial charge on any atom is 0.246 e. The first-order valence-electron chi connectivity index (χ1n) is 12.4. The average molecular weight is 489 g/mol. The minimum Gasteiger partial charge on any atom is -0.391 e. The molecule has 8 nitrogen and oxygen atoms in total. The highest BCUT2D eigenvalue weighted by molar-refractivity contribution is 6.21. The van der Waals surface area contributed by atoms with Gasteiger partial charge in [-0.05, 0) is 58.3 Å². The molecular formula is C23H38ClFN4O4. The van der Waals surface area contributed by atoms with Crippen LogP contribution in [-0.2, 0) is 14.3 Å². The van der Waals surface area contributed by atoms with Gasteiger partial charge in [-0.25, -0.2) is 9.40 Å². The first-order valence-corrected chi connectivity index (χ1v) is 12.8. The molecule has 33 heavy (non-hydrogen) atoms. The van der Waals surface area contributed by atoms with Gasteiger partial charge in [-0.15, -0.1) is 11.6 Å². The molecule has 188 valence electrons. The summed E-state index contributed by atoms with van der Waals surface area (Å²) in [5.74, 6) is -0.286. The molecule has 5 aliphatic rings. The fourth-order valence-corrected chi connectivity index (χ4v) is 6.38. The molecule has 5 fully saturated rings. The summed E-state index contributed by atoms with van der Waals surface area (Å²) in [7, 11) is 0. The van der Waals surface area contributed by atoms with Crippen molar-refractivity contribution in [2.45, 2.75) is 119 Å². The van der Waals surface area contributed by atoms with Crippen LogP contribution in [0, 0.1) is 0 Å². The number of carbonyl (C=O) groups excluding carboxylic acids is 2. The number of aliphatic hydroxyl groups is 1. The SMILES string of the molecule is CCN1NC(C)CC1C(=O)NC12CCC(NC(=O)COC3CCC(Cl)C(F)C3)(CC1)C(O)C2. The lowest BCUT2D eigenvalue weighted by molar-refractivity contribution is -0.141. The molecule has 1 heterocycles. The first-order chi connectivity index (χ1) is 15.7. The summed E-state index contributed by atoms with van der Waals surface area (Å²) in [4.78, 5) is 25.7. The number of fused-ring (bicyclic) bond motifs is 3. The van der Waals surface area contributed by atoms with Crippen molar-refractivity contribution in [1.29, 1.82) is 0 Å². The largest absolute Gasteiger partial charge is 0.391 e. The van der Waals surface area contributed by atoms with Crippen molar-refractivity contribution in [2.24, 2.45) is 0 Å². The Morgan fingerprint density at radius 3 is 2.58 bits per heavy atom. The van der Waals surface area contributed by atoms with Crippen LogP contribution in [0.15, 0.2) is 0 Å². The van der Waals surface area contributed by atoms with Crippen LogP contribution in [0.4, 0.5) is 4.39 Å². The number of rotatable bonds is 7. The van der Waals surface area contributed by atoms with Crippen molar-refractivity contribution in [2.75, 3.05) is 13.2 Å². The van der Waals surface area contributed by atoms with E-state index >= 15 is 0 Å². The van der Waals surface area contributed by atoms with Gasteiger partial charge in [0.25, 0.3) is 0 Å². The number of hydrazine groups is 1. The molecule has 0 aromatic rings. The number of halogens is 2. The lowest BCUT2D eigenvalue weighted by atomic mass is 9.59. The summed E-state index contributed by atoms with van der Waals surface area (Å²) in [5.41, 5.74) is 2.20. The number of nitrogens with zero attached hydrogens (tertiary/aromatic N) is 1. The molecule has 2 amide bonds. The third-order valence-electron chi connectivity index (χ3n) is 8.18. The number of amides is 2. The molecular weight excluding hydrogens is 451 g/mol. The molecule has 0 aromatic heterocycles. The second-order valence-corrected chi connectivity index (χ2v) is 11.1. The monoisotopic (exact) mass is 488 g/mol. The van der Waals surface area contributed by atoms with Crippen LogP contribution in [0.3, 0.4) is 0 Å². The van der Waals surface area contributed by atoms with E-state index in [2.05, 4.69) is 23.0 Å². The van der Waals surface area contributed by atoms with Gasteiger partial charge < -0.3 is 20.5 Å². The van der Waals surface area contributed by atoms with E-state index in [1.54, 1.807) is 0 Å². The van der Waals surface area contributed by atoms with Crippen molar-refractivity contribution in [3.8, 4) is 0 Å². The Balaban J connectivity index is 1.28. The van der Waals surface area contributed by atoms with Crippen molar-refractivity contribution >= 4 is 23.4 Å². The predicted molar refractivity (Wildman–Crippen MR) is 122 cm³/mol. The highest BCUT2D eigenvalue weighted by Gasteiger charge is 2.56. The van der Waals surface area contributed by atoms with Crippen LogP contribution in [-0.4, -0.2) is 82.0 Å². The van der Waals surface area contributed by atoms with Gasteiger partial charge in [0.1, 0.15) is 18.8 Å². The van der Waals surface area contributed by atoms with Gasteiger partial charge in [-0.3, -0.25) is 15.0 Å². The molecule has 10 heteroatoms. The molecule has 1 saturated heterocycles. The average Bonchev–Trinajstić information content (AvgIpc) is 3.17. The van der Waals surface area contributed by atoms with Gasteiger partial charge >= 0.3 is 0 Å². The van der Waals surface area contributed by atoms with E-state index in [0.717, 1.165) is 13.0 Å². The Morgan fingerprint density at radius 2 is 1.94 bits per heavy atom. The van der Waals surface area contributed by atoms with Crippen LogP contribution in [0.5, 0.6) is 0 Å². The van der Waals surface area contributed by atoms with Gasteiger partial charge in [-0.1, -0.05) is 6.92 Å². The minimum absolute atomic E-state index is 0.00516. The summed E-state index contributed by atoms with van der Waals surface area (Å²) < 4.78 is 19.4. The molecule has 4 saturated carbocycles. The van der Waals surface area contributed by atoms with Crippen LogP contribution < -0.4 is 16.1 Å². The Morgan fingerprint density at radius 1 is 1.21 bits per heavy atom. The number of nitrogens with one attached hydrogen (secondary N) is 3. The van der Waals surface area contributed by atoms with E-state index in [0.29, 0.717) is 44.9 Å². The highest BCUT2D eigenvalue weighted by atomic mass is 35.5. The van der Waals surface area contributed by atoms with Gasteiger partial charge in [-0.2, -0.15) is 0 Å². The van der Waals surface area contributed by atoms with Crippen LogP contribution in [0.25, 0.3) is 0 Å². The van der Waals surface area contributed by atoms with Crippen LogP contribution >= 0.6 is 11.6 Å². The quantitative estimate of drug-likeness (QED) is 0.405. The zero-order valence-corrected chi connectivity index (χ0v) is 20.4. The Kier molecular flexibility index (Phi) is 7.56. The Labute approximate surface area is 200 Å². The van der Waals surface area contributed by atoms with E-state index < -0.39 is 28.7 Å². The number of carbonyl (C=O) groups is 2. The molecule has 2 bridgehead atoms. The topological polar surface area (TPSA) is 103 Å². The zero-order valence-electron chi connectivity index (χ0n) is 19.6. The molecule has 4 N–H and O–H groups in total. The van der Waals surface area contributed by atoms with Gasteiger partial charge in [0.15, 0.2) is 0 Å². The summed E-state index contributed by atoms with van der Waals surface area (Å²) in [6.07, 6.45) is 3.03. The lowest BCUT2D eigenvalue weighted by Crippen LogP contribution is -2.71. The van der Waals surface area contributed by atoms with Crippen LogP contribution in [0.2, 0.25) is 0 Å². The lowest BCUT2D eigenvalue weighted by Gasteiger charge is -2.56. The number of hydrogen-bond donors (Lipinski definition) is 4. The molecule has 0 aromatic carbocycles. The fraction of sp³-hybridized carbons (Fsp3) is 0.913. The molecule has 0 radical (unpaired) electrons. The number of hydrogen-bond acceptors (Lipinski definition) is 6. The smallest absolute Gasteiger partial charge is 0.246 e. The molecule has 6 atom stereocenters. The molecule has 5 rings (SSSR count). The highest BCUT2D eigenvalue weighted by Crippen LogP contribution is 2.47. The molecule has 1 aliphatic heterocycles. The maximum absolute atomic E-state index is 13.8. The number of aliphatic hydroxyl groups excluding tert-OH is 1. The van der Waals surface area contributed by atoms with Gasteiger partial charge in [0, 0.05) is 24.5 Å². The van der Waals surface area contributed by atoms with Crippen molar-refractivity contribution in [3.05, 3.63) is 0 Å². The fourth-order valence-electron chi connectivity index (χ4n) is 6.16. The number of alkyl halides is 2. The first kappa shape index (κ1) is 25.1.